The average Bonchev–Trinajstić information content (AvgIpc) is 3.39. The van der Waals surface area contributed by atoms with Gasteiger partial charge in [0.1, 0.15) is 5.76 Å². The van der Waals surface area contributed by atoms with Gasteiger partial charge in [0, 0.05) is 26.1 Å². The van der Waals surface area contributed by atoms with Crippen molar-refractivity contribution in [2.75, 3.05) is 39.6 Å². The van der Waals surface area contributed by atoms with Crippen LogP contribution >= 0.6 is 0 Å². The molecule has 0 radical (unpaired) electrons. The number of furan rings is 1. The minimum Gasteiger partial charge on any atom is -0.468 e. The van der Waals surface area contributed by atoms with Crippen molar-refractivity contribution in [3.63, 3.8) is 0 Å². The fourth-order valence-electron chi connectivity index (χ4n) is 3.43. The first kappa shape index (κ1) is 17.9. The summed E-state index contributed by atoms with van der Waals surface area (Å²) in [5, 5.41) is 3.05. The lowest BCUT2D eigenvalue weighted by atomic mass is 10.1. The number of nitrogens with one attached hydrogen (secondary N) is 1. The summed E-state index contributed by atoms with van der Waals surface area (Å²) in [7, 11) is 0. The van der Waals surface area contributed by atoms with Gasteiger partial charge in [-0.3, -0.25) is 9.69 Å². The zero-order valence-corrected chi connectivity index (χ0v) is 15.2. The smallest absolute Gasteiger partial charge is 0.231 e. The monoisotopic (exact) mass is 372 g/mol. The average molecular weight is 372 g/mol. The Morgan fingerprint density at radius 2 is 2.00 bits per heavy atom. The van der Waals surface area contributed by atoms with Gasteiger partial charge in [-0.2, -0.15) is 0 Å². The van der Waals surface area contributed by atoms with Crippen LogP contribution in [0.5, 0.6) is 11.5 Å². The van der Waals surface area contributed by atoms with Crippen molar-refractivity contribution in [2.45, 2.75) is 18.9 Å². The van der Waals surface area contributed by atoms with Crippen LogP contribution in [0.3, 0.4) is 0 Å². The molecule has 0 saturated carbocycles. The summed E-state index contributed by atoms with van der Waals surface area (Å²) in [6, 6.07) is 9.66. The highest BCUT2D eigenvalue weighted by molar-refractivity contribution is 5.76. The molecule has 1 fully saturated rings. The number of fused-ring (bicyclic) bond motifs is 1. The number of nitrogens with zero attached hydrogens (tertiary/aromatic N) is 1. The van der Waals surface area contributed by atoms with Crippen molar-refractivity contribution in [2.24, 2.45) is 0 Å². The molecule has 1 N–H and O–H groups in total. The molecule has 144 valence electrons. The van der Waals surface area contributed by atoms with E-state index in [1.807, 2.05) is 30.3 Å². The van der Waals surface area contributed by atoms with Crippen LogP contribution < -0.4 is 14.8 Å². The topological polar surface area (TPSA) is 73.2 Å². The van der Waals surface area contributed by atoms with E-state index in [1.54, 1.807) is 6.26 Å². The van der Waals surface area contributed by atoms with Gasteiger partial charge in [-0.25, -0.2) is 0 Å². The van der Waals surface area contributed by atoms with E-state index in [4.69, 9.17) is 18.6 Å². The highest BCUT2D eigenvalue weighted by atomic mass is 16.7. The number of morpholine rings is 1. The third kappa shape index (κ3) is 4.43. The lowest BCUT2D eigenvalue weighted by Crippen LogP contribution is -2.43. The highest BCUT2D eigenvalue weighted by Crippen LogP contribution is 2.32. The van der Waals surface area contributed by atoms with Gasteiger partial charge in [0.25, 0.3) is 0 Å². The van der Waals surface area contributed by atoms with Crippen LogP contribution in [0.4, 0.5) is 0 Å². The fraction of sp³-hybridized carbons (Fsp3) is 0.450. The van der Waals surface area contributed by atoms with E-state index in [0.717, 1.165) is 35.9 Å². The maximum atomic E-state index is 12.4. The number of aryl methyl sites for hydroxylation is 1. The van der Waals surface area contributed by atoms with E-state index >= 15 is 0 Å². The molecule has 3 heterocycles. The van der Waals surface area contributed by atoms with Crippen LogP contribution in [0.25, 0.3) is 0 Å². The molecule has 7 heteroatoms. The minimum atomic E-state index is 0.0254. The second-order valence-corrected chi connectivity index (χ2v) is 6.67. The minimum absolute atomic E-state index is 0.0254. The van der Waals surface area contributed by atoms with Crippen LogP contribution in [0, 0.1) is 0 Å². The van der Waals surface area contributed by atoms with Crippen molar-refractivity contribution in [1.29, 1.82) is 0 Å². The third-order valence-electron chi connectivity index (χ3n) is 4.93. The van der Waals surface area contributed by atoms with E-state index < -0.39 is 0 Å². The quantitative estimate of drug-likeness (QED) is 0.803. The highest BCUT2D eigenvalue weighted by Gasteiger charge is 2.25. The number of amides is 1. The van der Waals surface area contributed by atoms with Gasteiger partial charge in [0.2, 0.25) is 12.7 Å². The molecule has 27 heavy (non-hydrogen) atoms. The van der Waals surface area contributed by atoms with Crippen molar-refractivity contribution in [3.05, 3.63) is 47.9 Å². The zero-order chi connectivity index (χ0) is 18.5. The molecule has 4 rings (SSSR count). The number of carbonyl (C=O) groups excluding carboxylic acids is 1. The Morgan fingerprint density at radius 3 is 2.81 bits per heavy atom. The van der Waals surface area contributed by atoms with Crippen molar-refractivity contribution >= 4 is 5.91 Å². The Morgan fingerprint density at radius 1 is 1.15 bits per heavy atom. The van der Waals surface area contributed by atoms with Crippen LogP contribution in [0.15, 0.2) is 41.0 Å². The van der Waals surface area contributed by atoms with Gasteiger partial charge in [-0.15, -0.1) is 0 Å². The molecule has 1 aromatic carbocycles. The largest absolute Gasteiger partial charge is 0.468 e. The van der Waals surface area contributed by atoms with E-state index in [9.17, 15) is 4.79 Å². The van der Waals surface area contributed by atoms with Gasteiger partial charge in [0.15, 0.2) is 11.5 Å². The fourth-order valence-corrected chi connectivity index (χ4v) is 3.43. The molecule has 1 unspecified atom stereocenters. The predicted molar refractivity (Wildman–Crippen MR) is 97.7 cm³/mol. The van der Waals surface area contributed by atoms with Gasteiger partial charge in [-0.1, -0.05) is 6.07 Å². The first-order valence-electron chi connectivity index (χ1n) is 9.30. The standard InChI is InChI=1S/C20H24N2O5/c23-20(6-4-15-3-5-18-19(12-15)27-14-26-18)21-13-16(17-2-1-9-25-17)22-7-10-24-11-8-22/h1-3,5,9,12,16H,4,6-8,10-11,13-14H2,(H,21,23). The van der Waals surface area contributed by atoms with Crippen LogP contribution in [-0.2, 0) is 16.0 Å². The normalized spacial score (nSPS) is 17.6. The number of rotatable bonds is 7. The maximum absolute atomic E-state index is 12.4. The van der Waals surface area contributed by atoms with Gasteiger partial charge >= 0.3 is 0 Å². The molecule has 1 amide bonds. The van der Waals surface area contributed by atoms with Crippen LogP contribution in [0.2, 0.25) is 0 Å². The number of benzene rings is 1. The third-order valence-corrected chi connectivity index (χ3v) is 4.93. The Hall–Kier alpha value is -2.51. The summed E-state index contributed by atoms with van der Waals surface area (Å²) < 4.78 is 21.7. The lowest BCUT2D eigenvalue weighted by Gasteiger charge is -2.33. The van der Waals surface area contributed by atoms with Gasteiger partial charge in [-0.05, 0) is 36.2 Å². The molecule has 1 saturated heterocycles. The number of ether oxygens (including phenoxy) is 3. The van der Waals surface area contributed by atoms with E-state index in [1.165, 1.54) is 0 Å². The summed E-state index contributed by atoms with van der Waals surface area (Å²) in [4.78, 5) is 14.7. The van der Waals surface area contributed by atoms with Gasteiger partial charge < -0.3 is 23.9 Å². The Balaban J connectivity index is 1.30. The van der Waals surface area contributed by atoms with E-state index in [2.05, 4.69) is 10.2 Å². The summed E-state index contributed by atoms with van der Waals surface area (Å²) >= 11 is 0. The first-order valence-corrected chi connectivity index (χ1v) is 9.30. The zero-order valence-electron chi connectivity index (χ0n) is 15.2. The summed E-state index contributed by atoms with van der Waals surface area (Å²) in [5.41, 5.74) is 1.06. The molecule has 0 aliphatic carbocycles. The summed E-state index contributed by atoms with van der Waals surface area (Å²) in [5.74, 6) is 2.40. The lowest BCUT2D eigenvalue weighted by molar-refractivity contribution is -0.121. The Kier molecular flexibility index (Phi) is 5.60. The molecule has 0 spiro atoms. The van der Waals surface area contributed by atoms with E-state index in [-0.39, 0.29) is 18.7 Å². The summed E-state index contributed by atoms with van der Waals surface area (Å²) in [6.07, 6.45) is 2.75. The second kappa shape index (κ2) is 8.45. The number of hydrogen-bond acceptors (Lipinski definition) is 6. The predicted octanol–water partition coefficient (Wildman–Crippen LogP) is 2.13. The summed E-state index contributed by atoms with van der Waals surface area (Å²) in [6.45, 7) is 3.85. The number of hydrogen-bond donors (Lipinski definition) is 1. The molecule has 1 atom stereocenters. The molecule has 1 aromatic heterocycles. The molecular formula is C20H24N2O5. The van der Waals surface area contributed by atoms with E-state index in [0.29, 0.717) is 32.6 Å². The maximum Gasteiger partial charge on any atom is 0.231 e. The first-order chi connectivity index (χ1) is 13.3. The van der Waals surface area contributed by atoms with Crippen molar-refractivity contribution in [1.82, 2.24) is 10.2 Å². The van der Waals surface area contributed by atoms with Crippen LogP contribution in [0.1, 0.15) is 23.8 Å². The van der Waals surface area contributed by atoms with Gasteiger partial charge in [0.05, 0.1) is 25.5 Å². The molecule has 0 bridgehead atoms. The Bertz CT molecular complexity index is 756. The molecule has 2 aliphatic rings. The second-order valence-electron chi connectivity index (χ2n) is 6.67. The Labute approximate surface area is 158 Å². The van der Waals surface area contributed by atoms with Crippen molar-refractivity contribution < 1.29 is 23.4 Å². The van der Waals surface area contributed by atoms with Crippen LogP contribution in [-0.4, -0.2) is 50.4 Å². The molecule has 2 aromatic rings. The molecule has 7 nitrogen and oxygen atoms in total. The molecule has 2 aliphatic heterocycles. The SMILES string of the molecule is O=C(CCc1ccc2c(c1)OCO2)NCC(c1ccco1)N1CCOCC1. The van der Waals surface area contributed by atoms with Crippen molar-refractivity contribution in [3.8, 4) is 11.5 Å². The number of carbonyl (C=O) groups is 1. The molecular weight excluding hydrogens is 348 g/mol.